The van der Waals surface area contributed by atoms with Crippen molar-refractivity contribution in [3.63, 3.8) is 0 Å². The predicted molar refractivity (Wildman–Crippen MR) is 137 cm³/mol. The van der Waals surface area contributed by atoms with Gasteiger partial charge in [-0.15, -0.1) is 10.2 Å². The molecule has 1 aromatic carbocycles. The van der Waals surface area contributed by atoms with E-state index in [4.69, 9.17) is 14.2 Å². The molecular formula is C26H43N5O4. The lowest BCUT2D eigenvalue weighted by molar-refractivity contribution is -0.115. The molecule has 0 aliphatic rings. The highest BCUT2D eigenvalue weighted by Crippen LogP contribution is 2.38. The zero-order chi connectivity index (χ0) is 25.3. The molecule has 1 amide bonds. The summed E-state index contributed by atoms with van der Waals surface area (Å²) in [4.78, 5) is 14.2. The van der Waals surface area contributed by atoms with E-state index in [0.717, 1.165) is 12.8 Å². The molecule has 1 heterocycles. The van der Waals surface area contributed by atoms with E-state index in [-0.39, 0.29) is 12.3 Å². The van der Waals surface area contributed by atoms with E-state index in [1.54, 1.807) is 24.0 Å². The number of hydrogen-bond donors (Lipinski definition) is 1. The summed E-state index contributed by atoms with van der Waals surface area (Å²) in [7, 11) is 4.60. The number of carbonyl (C=O) groups is 1. The molecule has 0 aliphatic carbocycles. The molecule has 0 spiro atoms. The van der Waals surface area contributed by atoms with Gasteiger partial charge < -0.3 is 19.5 Å². The number of hydrogen-bond acceptors (Lipinski definition) is 7. The first-order chi connectivity index (χ1) is 17.1. The van der Waals surface area contributed by atoms with Gasteiger partial charge in [0.25, 0.3) is 0 Å². The van der Waals surface area contributed by atoms with Crippen molar-refractivity contribution in [1.82, 2.24) is 20.2 Å². The van der Waals surface area contributed by atoms with Crippen LogP contribution in [0.3, 0.4) is 0 Å². The van der Waals surface area contributed by atoms with Gasteiger partial charge in [-0.05, 0) is 11.6 Å². The summed E-state index contributed by atoms with van der Waals surface area (Å²) in [6, 6.07) is 3.36. The molecule has 0 bridgehead atoms. The van der Waals surface area contributed by atoms with Crippen LogP contribution in [-0.2, 0) is 17.8 Å². The Morgan fingerprint density at radius 3 is 1.89 bits per heavy atom. The number of aryl methyl sites for hydroxylation is 1. The minimum Gasteiger partial charge on any atom is -0.496 e. The lowest BCUT2D eigenvalue weighted by Crippen LogP contribution is -2.17. The number of anilines is 1. The normalized spacial score (nSPS) is 10.9. The van der Waals surface area contributed by atoms with Gasteiger partial charge >= 0.3 is 0 Å². The second-order valence-electron chi connectivity index (χ2n) is 8.82. The van der Waals surface area contributed by atoms with Crippen LogP contribution in [0.25, 0.3) is 0 Å². The molecule has 196 valence electrons. The highest BCUT2D eigenvalue weighted by atomic mass is 16.5. The van der Waals surface area contributed by atoms with Crippen LogP contribution in [0.15, 0.2) is 12.1 Å². The molecule has 0 atom stereocenters. The van der Waals surface area contributed by atoms with Gasteiger partial charge in [0.15, 0.2) is 5.82 Å². The fourth-order valence-electron chi connectivity index (χ4n) is 3.99. The van der Waals surface area contributed by atoms with Crippen molar-refractivity contribution in [2.24, 2.45) is 0 Å². The van der Waals surface area contributed by atoms with E-state index in [9.17, 15) is 4.79 Å². The van der Waals surface area contributed by atoms with E-state index in [1.165, 1.54) is 78.4 Å². The third-order valence-corrected chi connectivity index (χ3v) is 6.00. The molecule has 35 heavy (non-hydrogen) atoms. The topological polar surface area (TPSA) is 100 Å². The number of rotatable bonds is 19. The first kappa shape index (κ1) is 28.4. The number of nitrogens with zero attached hydrogens (tertiary/aromatic N) is 4. The molecule has 1 aromatic heterocycles. The van der Waals surface area contributed by atoms with Gasteiger partial charge in [-0.3, -0.25) is 4.79 Å². The average molecular weight is 490 g/mol. The number of nitrogens with one attached hydrogen (secondary N) is 1. The summed E-state index contributed by atoms with van der Waals surface area (Å²) < 4.78 is 16.0. The SMILES string of the molecule is CCCCCCCCCCCCCCn1nnc(CC(=O)Nc2c(OC)cc(OC)cc2OC)n1. The Balaban J connectivity index is 1.66. The van der Waals surface area contributed by atoms with Gasteiger partial charge in [0.2, 0.25) is 5.91 Å². The van der Waals surface area contributed by atoms with Crippen LogP contribution in [0.1, 0.15) is 89.8 Å². The number of benzene rings is 1. The summed E-state index contributed by atoms with van der Waals surface area (Å²) in [5.74, 6) is 1.56. The second kappa shape index (κ2) is 16.7. The number of carbonyl (C=O) groups excluding carboxylic acids is 1. The van der Waals surface area contributed by atoms with Crippen molar-refractivity contribution >= 4 is 11.6 Å². The number of methoxy groups -OCH3 is 3. The average Bonchev–Trinajstić information content (AvgIpc) is 3.31. The summed E-state index contributed by atoms with van der Waals surface area (Å²) in [6.07, 6.45) is 15.7. The Morgan fingerprint density at radius 1 is 0.829 bits per heavy atom. The Kier molecular flexibility index (Phi) is 13.6. The number of amides is 1. The van der Waals surface area contributed by atoms with E-state index in [0.29, 0.717) is 35.3 Å². The summed E-state index contributed by atoms with van der Waals surface area (Å²) in [6.45, 7) is 2.98. The van der Waals surface area contributed by atoms with Crippen LogP contribution >= 0.6 is 0 Å². The maximum Gasteiger partial charge on any atom is 0.232 e. The molecule has 0 saturated heterocycles. The van der Waals surface area contributed by atoms with Crippen molar-refractivity contribution in [2.75, 3.05) is 26.6 Å². The van der Waals surface area contributed by atoms with Gasteiger partial charge in [-0.1, -0.05) is 77.6 Å². The third kappa shape index (κ3) is 10.5. The van der Waals surface area contributed by atoms with Crippen molar-refractivity contribution in [1.29, 1.82) is 0 Å². The predicted octanol–water partition coefficient (Wildman–Crippen LogP) is 5.58. The highest BCUT2D eigenvalue weighted by molar-refractivity contribution is 5.95. The zero-order valence-corrected chi connectivity index (χ0v) is 22.0. The Morgan fingerprint density at radius 2 is 1.37 bits per heavy atom. The number of unbranched alkanes of at least 4 members (excludes halogenated alkanes) is 11. The highest BCUT2D eigenvalue weighted by Gasteiger charge is 2.17. The van der Waals surface area contributed by atoms with Crippen molar-refractivity contribution in [2.45, 2.75) is 96.9 Å². The van der Waals surface area contributed by atoms with Crippen LogP contribution in [0, 0.1) is 0 Å². The van der Waals surface area contributed by atoms with Gasteiger partial charge in [0.05, 0.1) is 34.3 Å². The lowest BCUT2D eigenvalue weighted by atomic mass is 10.1. The first-order valence-corrected chi connectivity index (χ1v) is 13.0. The molecule has 2 aromatic rings. The third-order valence-electron chi connectivity index (χ3n) is 6.00. The van der Waals surface area contributed by atoms with Crippen molar-refractivity contribution < 1.29 is 19.0 Å². The van der Waals surface area contributed by atoms with Crippen molar-refractivity contribution in [3.8, 4) is 17.2 Å². The molecule has 0 unspecified atom stereocenters. The van der Waals surface area contributed by atoms with Crippen LogP contribution in [0.2, 0.25) is 0 Å². The fraction of sp³-hybridized carbons (Fsp3) is 0.692. The molecule has 2 rings (SSSR count). The minimum absolute atomic E-state index is 0.0107. The maximum atomic E-state index is 12.6. The molecular weight excluding hydrogens is 446 g/mol. The first-order valence-electron chi connectivity index (χ1n) is 13.0. The van der Waals surface area contributed by atoms with Gasteiger partial charge in [-0.25, -0.2) is 0 Å². The Hall–Kier alpha value is -2.84. The summed E-state index contributed by atoms with van der Waals surface area (Å²) in [5.41, 5.74) is 0.435. The lowest BCUT2D eigenvalue weighted by Gasteiger charge is -2.15. The fourth-order valence-corrected chi connectivity index (χ4v) is 3.99. The van der Waals surface area contributed by atoms with Crippen LogP contribution in [0.4, 0.5) is 5.69 Å². The molecule has 1 N–H and O–H groups in total. The van der Waals surface area contributed by atoms with Crippen LogP contribution < -0.4 is 19.5 Å². The van der Waals surface area contributed by atoms with Crippen LogP contribution in [-0.4, -0.2) is 47.4 Å². The Bertz CT molecular complexity index is 846. The van der Waals surface area contributed by atoms with Gasteiger partial charge in [-0.2, -0.15) is 4.80 Å². The number of tetrazole rings is 1. The monoisotopic (exact) mass is 489 g/mol. The van der Waals surface area contributed by atoms with Gasteiger partial charge in [0, 0.05) is 12.1 Å². The quantitative estimate of drug-likeness (QED) is 0.257. The van der Waals surface area contributed by atoms with E-state index in [1.807, 2.05) is 0 Å². The van der Waals surface area contributed by atoms with E-state index in [2.05, 4.69) is 27.7 Å². The van der Waals surface area contributed by atoms with E-state index >= 15 is 0 Å². The summed E-state index contributed by atoms with van der Waals surface area (Å²) in [5, 5.41) is 15.3. The van der Waals surface area contributed by atoms with Crippen molar-refractivity contribution in [3.05, 3.63) is 18.0 Å². The largest absolute Gasteiger partial charge is 0.496 e. The molecule has 0 aliphatic heterocycles. The molecule has 0 fully saturated rings. The molecule has 9 nitrogen and oxygen atoms in total. The molecule has 9 heteroatoms. The second-order valence-corrected chi connectivity index (χ2v) is 8.82. The van der Waals surface area contributed by atoms with Gasteiger partial charge in [0.1, 0.15) is 22.9 Å². The minimum atomic E-state index is -0.281. The molecule has 0 radical (unpaired) electrons. The van der Waals surface area contributed by atoms with E-state index < -0.39 is 0 Å². The summed E-state index contributed by atoms with van der Waals surface area (Å²) >= 11 is 0. The smallest absolute Gasteiger partial charge is 0.232 e. The van der Waals surface area contributed by atoms with Crippen LogP contribution in [0.5, 0.6) is 17.2 Å². The number of aromatic nitrogens is 4. The Labute approximate surface area is 209 Å². The standard InChI is InChI=1S/C26H43N5O4/c1-5-6-7-8-9-10-11-12-13-14-15-16-17-31-29-24(28-30-31)20-25(32)27-26-22(34-3)18-21(33-2)19-23(26)35-4/h18-19H,5-17,20H2,1-4H3,(H,27,32). The maximum absolute atomic E-state index is 12.6. The number of ether oxygens (including phenoxy) is 3. The molecule has 0 saturated carbocycles. The zero-order valence-electron chi connectivity index (χ0n) is 22.0.